The molecule has 6 heteroatoms. The number of rotatable bonds is 5. The smallest absolute Gasteiger partial charge is 0.314 e. The molecule has 2 amide bonds. The number of amides is 2. The zero-order valence-corrected chi connectivity index (χ0v) is 14.2. The molecule has 6 nitrogen and oxygen atoms in total. The van der Waals surface area contributed by atoms with Crippen molar-refractivity contribution in [1.29, 1.82) is 0 Å². The van der Waals surface area contributed by atoms with Crippen molar-refractivity contribution in [2.45, 2.75) is 33.2 Å². The Morgan fingerprint density at radius 1 is 1.21 bits per heavy atom. The van der Waals surface area contributed by atoms with E-state index >= 15 is 0 Å². The standard InChI is InChI=1S/C18H22N4O2/c1-11-6-14-8-16(10-20-18(23)19-3)21-17(14)9-13(11)4-5-15-7-12(2)24-22-15/h6-9,21H,4-5,10H2,1-3H3,(H2,19,20,23). The molecule has 0 spiro atoms. The molecular formula is C18H22N4O2. The molecule has 0 saturated carbocycles. The fourth-order valence-electron chi connectivity index (χ4n) is 2.83. The molecule has 0 atom stereocenters. The van der Waals surface area contributed by atoms with Crippen LogP contribution in [0.5, 0.6) is 0 Å². The number of H-pyrrole nitrogens is 1. The number of hydrogen-bond donors (Lipinski definition) is 3. The van der Waals surface area contributed by atoms with E-state index in [0.717, 1.165) is 40.9 Å². The highest BCUT2D eigenvalue weighted by molar-refractivity contribution is 5.82. The van der Waals surface area contributed by atoms with Crippen LogP contribution in [0.1, 0.15) is 28.3 Å². The van der Waals surface area contributed by atoms with Gasteiger partial charge >= 0.3 is 6.03 Å². The molecule has 0 aliphatic carbocycles. The van der Waals surface area contributed by atoms with E-state index in [0.29, 0.717) is 6.54 Å². The summed E-state index contributed by atoms with van der Waals surface area (Å²) in [6.45, 7) is 4.50. The van der Waals surface area contributed by atoms with Gasteiger partial charge in [0.1, 0.15) is 5.76 Å². The lowest BCUT2D eigenvalue weighted by Gasteiger charge is -2.05. The van der Waals surface area contributed by atoms with Gasteiger partial charge in [0.05, 0.1) is 12.2 Å². The second-order valence-corrected chi connectivity index (χ2v) is 6.02. The zero-order valence-electron chi connectivity index (χ0n) is 14.2. The minimum absolute atomic E-state index is 0.187. The molecule has 24 heavy (non-hydrogen) atoms. The van der Waals surface area contributed by atoms with Crippen molar-refractivity contribution in [3.8, 4) is 0 Å². The fraction of sp³-hybridized carbons (Fsp3) is 0.333. The van der Waals surface area contributed by atoms with E-state index in [1.54, 1.807) is 7.05 Å². The fourth-order valence-corrected chi connectivity index (χ4v) is 2.83. The van der Waals surface area contributed by atoms with Crippen molar-refractivity contribution in [2.75, 3.05) is 7.05 Å². The van der Waals surface area contributed by atoms with Gasteiger partial charge in [-0.3, -0.25) is 0 Å². The summed E-state index contributed by atoms with van der Waals surface area (Å²) in [6, 6.07) is 8.22. The molecule has 0 fully saturated rings. The van der Waals surface area contributed by atoms with E-state index in [1.165, 1.54) is 11.1 Å². The molecule has 0 aliphatic rings. The topological polar surface area (TPSA) is 82.9 Å². The molecule has 0 unspecified atom stereocenters. The number of aromatic amines is 1. The van der Waals surface area contributed by atoms with Crippen molar-refractivity contribution in [3.63, 3.8) is 0 Å². The maximum absolute atomic E-state index is 11.3. The average Bonchev–Trinajstić information content (AvgIpc) is 3.15. The summed E-state index contributed by atoms with van der Waals surface area (Å²) in [5.41, 5.74) is 5.59. The summed E-state index contributed by atoms with van der Waals surface area (Å²) < 4.78 is 5.12. The van der Waals surface area contributed by atoms with Crippen LogP contribution in [0.3, 0.4) is 0 Å². The van der Waals surface area contributed by atoms with Gasteiger partial charge in [-0.05, 0) is 61.4 Å². The molecule has 1 aromatic carbocycles. The van der Waals surface area contributed by atoms with Gasteiger partial charge in [0, 0.05) is 24.3 Å². The third-order valence-corrected chi connectivity index (χ3v) is 4.13. The molecule has 0 saturated heterocycles. The molecule has 3 aromatic rings. The number of fused-ring (bicyclic) bond motifs is 1. The summed E-state index contributed by atoms with van der Waals surface area (Å²) in [5, 5.41) is 10.5. The second kappa shape index (κ2) is 6.78. The largest absolute Gasteiger partial charge is 0.361 e. The normalized spacial score (nSPS) is 11.0. The summed E-state index contributed by atoms with van der Waals surface area (Å²) in [4.78, 5) is 14.6. The highest BCUT2D eigenvalue weighted by atomic mass is 16.5. The number of carbonyl (C=O) groups excluding carboxylic acids is 1. The van der Waals surface area contributed by atoms with Gasteiger partial charge in [-0.15, -0.1) is 0 Å². The van der Waals surface area contributed by atoms with Crippen LogP contribution in [0.15, 0.2) is 28.8 Å². The minimum atomic E-state index is -0.187. The molecule has 0 radical (unpaired) electrons. The number of carbonyl (C=O) groups is 1. The third-order valence-electron chi connectivity index (χ3n) is 4.13. The number of aromatic nitrogens is 2. The number of aryl methyl sites for hydroxylation is 4. The highest BCUT2D eigenvalue weighted by Crippen LogP contribution is 2.22. The second-order valence-electron chi connectivity index (χ2n) is 6.02. The van der Waals surface area contributed by atoms with Crippen molar-refractivity contribution in [1.82, 2.24) is 20.8 Å². The SMILES string of the molecule is CNC(=O)NCc1cc2cc(C)c(CCc3cc(C)on3)cc2[nH]1. The Morgan fingerprint density at radius 3 is 2.75 bits per heavy atom. The Kier molecular flexibility index (Phi) is 4.55. The first-order valence-electron chi connectivity index (χ1n) is 8.04. The molecule has 2 heterocycles. The first-order chi connectivity index (χ1) is 11.5. The monoisotopic (exact) mass is 326 g/mol. The van der Waals surface area contributed by atoms with Crippen molar-refractivity contribution >= 4 is 16.9 Å². The molecule has 3 rings (SSSR count). The lowest BCUT2D eigenvalue weighted by atomic mass is 10.0. The Morgan fingerprint density at radius 2 is 2.04 bits per heavy atom. The van der Waals surface area contributed by atoms with E-state index in [2.05, 4.69) is 45.9 Å². The minimum Gasteiger partial charge on any atom is -0.361 e. The number of urea groups is 1. The Balaban J connectivity index is 1.74. The van der Waals surface area contributed by atoms with Crippen molar-refractivity contribution < 1.29 is 9.32 Å². The summed E-state index contributed by atoms with van der Waals surface area (Å²) in [7, 11) is 1.60. The van der Waals surface area contributed by atoms with Gasteiger partial charge in [0.25, 0.3) is 0 Å². The predicted molar refractivity (Wildman–Crippen MR) is 93.0 cm³/mol. The lowest BCUT2D eigenvalue weighted by Crippen LogP contribution is -2.32. The summed E-state index contributed by atoms with van der Waals surface area (Å²) in [5.74, 6) is 0.842. The van der Waals surface area contributed by atoms with E-state index < -0.39 is 0 Å². The highest BCUT2D eigenvalue weighted by Gasteiger charge is 2.08. The average molecular weight is 326 g/mol. The van der Waals surface area contributed by atoms with E-state index in [9.17, 15) is 4.79 Å². The van der Waals surface area contributed by atoms with Crippen LogP contribution in [-0.2, 0) is 19.4 Å². The Bertz CT molecular complexity index is 863. The number of nitrogens with one attached hydrogen (secondary N) is 3. The van der Waals surface area contributed by atoms with Gasteiger partial charge in [0.15, 0.2) is 0 Å². The Hall–Kier alpha value is -2.76. The Labute approximate surface area is 140 Å². The van der Waals surface area contributed by atoms with Crippen LogP contribution >= 0.6 is 0 Å². The number of benzene rings is 1. The van der Waals surface area contributed by atoms with Crippen molar-refractivity contribution in [2.24, 2.45) is 0 Å². The zero-order chi connectivity index (χ0) is 17.1. The van der Waals surface area contributed by atoms with E-state index in [4.69, 9.17) is 4.52 Å². The molecular weight excluding hydrogens is 304 g/mol. The van der Waals surface area contributed by atoms with Gasteiger partial charge < -0.3 is 20.1 Å². The van der Waals surface area contributed by atoms with Crippen LogP contribution in [0.2, 0.25) is 0 Å². The van der Waals surface area contributed by atoms with Crippen LogP contribution in [0, 0.1) is 13.8 Å². The van der Waals surface area contributed by atoms with Crippen LogP contribution < -0.4 is 10.6 Å². The number of nitrogens with zero attached hydrogens (tertiary/aromatic N) is 1. The quantitative estimate of drug-likeness (QED) is 0.674. The first-order valence-corrected chi connectivity index (χ1v) is 8.04. The molecule has 126 valence electrons. The molecule has 0 bridgehead atoms. The van der Waals surface area contributed by atoms with Gasteiger partial charge in [-0.25, -0.2) is 4.79 Å². The van der Waals surface area contributed by atoms with Gasteiger partial charge in [-0.2, -0.15) is 0 Å². The lowest BCUT2D eigenvalue weighted by molar-refractivity contribution is 0.242. The van der Waals surface area contributed by atoms with E-state index in [1.807, 2.05) is 13.0 Å². The maximum Gasteiger partial charge on any atom is 0.314 e. The van der Waals surface area contributed by atoms with Crippen LogP contribution in [0.4, 0.5) is 4.79 Å². The first kappa shape index (κ1) is 16.1. The molecule has 3 N–H and O–H groups in total. The maximum atomic E-state index is 11.3. The summed E-state index contributed by atoms with van der Waals surface area (Å²) in [6.07, 6.45) is 1.77. The summed E-state index contributed by atoms with van der Waals surface area (Å²) >= 11 is 0. The van der Waals surface area contributed by atoms with Crippen LogP contribution in [-0.4, -0.2) is 23.2 Å². The third kappa shape index (κ3) is 3.59. The molecule has 2 aromatic heterocycles. The number of hydrogen-bond acceptors (Lipinski definition) is 3. The van der Waals surface area contributed by atoms with Crippen LogP contribution in [0.25, 0.3) is 10.9 Å². The van der Waals surface area contributed by atoms with E-state index in [-0.39, 0.29) is 6.03 Å². The van der Waals surface area contributed by atoms with Gasteiger partial charge in [0.2, 0.25) is 0 Å². The van der Waals surface area contributed by atoms with Gasteiger partial charge in [-0.1, -0.05) is 5.16 Å². The molecule has 0 aliphatic heterocycles. The predicted octanol–water partition coefficient (Wildman–Crippen LogP) is 2.99. The van der Waals surface area contributed by atoms with Crippen molar-refractivity contribution in [3.05, 3.63) is 52.5 Å².